The van der Waals surface area contributed by atoms with Crippen molar-refractivity contribution in [3.63, 3.8) is 0 Å². The van der Waals surface area contributed by atoms with Crippen LogP contribution in [-0.2, 0) is 105 Å². The molecule has 0 radical (unpaired) electrons. The first-order valence-corrected chi connectivity index (χ1v) is 44.2. The maximum atomic E-state index is 13.8. The van der Waals surface area contributed by atoms with Crippen molar-refractivity contribution in [3.05, 3.63) is 142 Å². The van der Waals surface area contributed by atoms with Crippen LogP contribution < -0.4 is 136 Å². The minimum absolute atomic E-state index is 0. The van der Waals surface area contributed by atoms with Gasteiger partial charge in [-0.3, -0.25) is 49.2 Å². The number of urea groups is 2. The summed E-state index contributed by atoms with van der Waals surface area (Å²) in [7, 11) is 7.05. The van der Waals surface area contributed by atoms with E-state index < -0.39 is 40.2 Å². The summed E-state index contributed by atoms with van der Waals surface area (Å²) in [5.74, 6) is 1.04. The van der Waals surface area contributed by atoms with Crippen LogP contribution in [0.15, 0.2) is 95.7 Å². The number of nitrogens with zero attached hydrogens (tertiary/aromatic N) is 4. The summed E-state index contributed by atoms with van der Waals surface area (Å²) < 4.78 is 42.6. The first-order chi connectivity index (χ1) is 55.6. The Morgan fingerprint density at radius 1 is 0.545 bits per heavy atom. The number of guanidine groups is 1. The third-order valence-corrected chi connectivity index (χ3v) is 28.3. The van der Waals surface area contributed by atoms with Gasteiger partial charge >= 0.3 is 121 Å². The molecular formula is C89H130Br4FK2N10O16S+. The predicted octanol–water partition coefficient (Wildman–Crippen LogP) is 11.3. The molecule has 8 aliphatic carbocycles. The molecule has 16 rings (SSSR count). The average molecular weight is 2050 g/mol. The van der Waals surface area contributed by atoms with Crippen LogP contribution in [0.3, 0.4) is 0 Å². The van der Waals surface area contributed by atoms with Crippen LogP contribution in [0.5, 0.6) is 0 Å². The number of fused-ring (bicyclic) bond motifs is 12. The van der Waals surface area contributed by atoms with Gasteiger partial charge in [0.2, 0.25) is 0 Å². The maximum absolute atomic E-state index is 13.8. The summed E-state index contributed by atoms with van der Waals surface area (Å²) in [6.07, 6.45) is 17.8. The van der Waals surface area contributed by atoms with Crippen LogP contribution in [0.25, 0.3) is 0 Å². The number of aliphatic imine (C=N–C) groups is 1. The van der Waals surface area contributed by atoms with Gasteiger partial charge in [-0.25, -0.2) is 19.5 Å². The standard InChI is InChI=1S/C20H26BrN3O2.C20H25BrN2O3.C20H25BrN2O2S.C17H19BrN2O3.C4H10O2.C4H10.C2H2FO3.2CH4.2K.H3N.H2O/c1-12(2)24-17(25)20(23-18(24)22)16-10-14(21)5-4-13(16)11-19(20)8-6-15(26-3)7-9-19;1-12(2)23-17(24)20(22-18(23)25)16-10-14(21)5-4-13(16)11-19(20)8-6-15(26-3)7-9-19;1-12(2)23-17(24)20(22-18(23)26)16-10-14(21)5-4-13(16)11-19(20)8-6-15(25-3)7-9-19;1-23-12-4-6-16(7-5-12)9-10-2-3-11(18)8-13(10)17(16)14(21)19-15(22)20-17;1-4(2,3)6-5;1-4(2)3;3-1-5-6-2-4;;;;;;/h4-5,10,12,15H,6-9,11H2,1-3H3,(H2,22,23);4-5,10,12,15H,6-9,11H2,1-3H3,(H,22,25);4-5,10,12,15H,6-9,11H2,1-3H3,(H,22,26);2-3,8,12H,4-7,9H2,1H3,(H2,19,20,21,22);5H,1-3H3;4H,1-3H3;1-2H;2*1H4;;;1H3;1H2/q;;;;;;-1;;;2*+1;;/i;;;;;;2D;;;;;;. The molecule has 8 spiro atoms. The van der Waals surface area contributed by atoms with Gasteiger partial charge in [0.15, 0.2) is 34.6 Å². The van der Waals surface area contributed by atoms with E-state index in [1.807, 2.05) is 65.8 Å². The number of nitrogens with one attached hydrogen (secondary N) is 4. The molecule has 3 saturated heterocycles. The molecule has 4 aromatic rings. The van der Waals surface area contributed by atoms with Crippen LogP contribution in [0.4, 0.5) is 14.0 Å². The number of ether oxygens (including phenoxy) is 4. The second-order valence-electron chi connectivity index (χ2n) is 35.6. The molecule has 123 heavy (non-hydrogen) atoms. The first-order valence-electron chi connectivity index (χ1n) is 41.1. The normalized spacial score (nSPS) is 29.2. The van der Waals surface area contributed by atoms with Crippen molar-refractivity contribution < 1.29 is 186 Å². The number of halogens is 5. The molecule has 4 aromatic carbocycles. The zero-order valence-electron chi connectivity index (χ0n) is 74.3. The van der Waals surface area contributed by atoms with E-state index in [0.29, 0.717) is 11.1 Å². The van der Waals surface area contributed by atoms with E-state index in [1.54, 1.807) is 59.0 Å². The van der Waals surface area contributed by atoms with Crippen molar-refractivity contribution in [1.82, 2.24) is 42.1 Å². The molecule has 4 unspecified atom stereocenters. The fourth-order valence-electron chi connectivity index (χ4n) is 20.8. The van der Waals surface area contributed by atoms with Gasteiger partial charge in [-0.15, -0.1) is 0 Å². The van der Waals surface area contributed by atoms with Crippen molar-refractivity contribution in [3.8, 4) is 0 Å². The maximum Gasteiger partial charge on any atom is 1.00 e. The largest absolute Gasteiger partial charge is 1.00 e. The molecule has 0 aromatic heterocycles. The number of carbonyl (C=O) groups is 7. The SMILES string of the molecule is C.C.CC(C)(C)OO.CC(C)C.COC1CCC2(CC1)Cc1ccc(Br)cc1C21N=C(N)N(C(C)C)C1=O.COC1CCC2(CC1)Cc1ccc(Br)cc1C21NC(=O)N(C(C)C)C1=O.COC1CCC2(CC1)Cc1ccc(Br)cc1C21NC(=O)NC1=O.COC1CCC2(CC1)Cc1ccc(Br)cc1C21NC(=S)N(C(C)C)C1=O.N.O.[2H]C(=O)OO[CH-]F.[K+].[K+]. The predicted molar refractivity (Wildman–Crippen MR) is 483 cm³/mol. The monoisotopic (exact) mass is 2040 g/mol. The smallest absolute Gasteiger partial charge is 0.426 e. The van der Waals surface area contributed by atoms with Crippen LogP contribution in [0, 0.1) is 34.4 Å². The molecule has 12 N–H and O–H groups in total. The third-order valence-electron chi connectivity index (χ3n) is 26.0. The van der Waals surface area contributed by atoms with Crippen molar-refractivity contribution in [2.45, 2.75) is 297 Å². The Hall–Kier alpha value is -2.71. The van der Waals surface area contributed by atoms with Gasteiger partial charge in [-0.1, -0.05) is 124 Å². The number of hydrogen-bond donors (Lipinski definition) is 7. The Bertz CT molecular complexity index is 4310. The van der Waals surface area contributed by atoms with E-state index in [-0.39, 0.29) is 230 Å². The summed E-state index contributed by atoms with van der Waals surface area (Å²) >= 11 is 19.9. The van der Waals surface area contributed by atoms with E-state index in [4.69, 9.17) is 48.5 Å². The molecule has 4 heterocycles. The number of carbonyl (C=O) groups excluding carboxylic acids is 7. The zero-order chi connectivity index (χ0) is 86.8. The van der Waals surface area contributed by atoms with Crippen molar-refractivity contribution >= 4 is 129 Å². The quantitative estimate of drug-likeness (QED) is 0.0156. The summed E-state index contributed by atoms with van der Waals surface area (Å²) in [5, 5.41) is 20.6. The summed E-state index contributed by atoms with van der Waals surface area (Å²) in [4.78, 5) is 108. The van der Waals surface area contributed by atoms with Gasteiger partial charge < -0.3 is 66.4 Å². The number of imide groups is 2. The molecule has 7 fully saturated rings. The minimum atomic E-state index is -1.44. The summed E-state index contributed by atoms with van der Waals surface area (Å²) in [6.45, 7) is 23.3. The number of amides is 8. The molecule has 4 atom stereocenters. The van der Waals surface area contributed by atoms with E-state index in [9.17, 15) is 38.0 Å². The molecular weight excluding hydrogens is 1910 g/mol. The van der Waals surface area contributed by atoms with E-state index in [2.05, 4.69) is 169 Å². The molecule has 0 bridgehead atoms. The van der Waals surface area contributed by atoms with Crippen LogP contribution in [0.2, 0.25) is 0 Å². The van der Waals surface area contributed by atoms with Crippen molar-refractivity contribution in [1.29, 1.82) is 0 Å². The van der Waals surface area contributed by atoms with Gasteiger partial charge in [0.25, 0.3) is 23.6 Å². The van der Waals surface area contributed by atoms with Crippen LogP contribution in [-0.4, -0.2) is 155 Å². The second-order valence-corrected chi connectivity index (χ2v) is 39.6. The van der Waals surface area contributed by atoms with Gasteiger partial charge in [0.1, 0.15) is 0 Å². The Balaban J connectivity index is 0.000000321. The number of rotatable bonds is 9. The summed E-state index contributed by atoms with van der Waals surface area (Å²) in [5.41, 5.74) is 10.3. The fourth-order valence-corrected chi connectivity index (χ4v) is 22.7. The number of benzene rings is 4. The van der Waals surface area contributed by atoms with Gasteiger partial charge in [-0.2, -0.15) is 0 Å². The minimum Gasteiger partial charge on any atom is -0.426 e. The zero-order valence-corrected chi connectivity index (χ0v) is 86.7. The molecule has 12 aliphatic rings. The Labute approximate surface area is 852 Å². The fraction of sp³-hybridized carbons (Fsp3) is 0.618. The third kappa shape index (κ3) is 21.7. The van der Waals surface area contributed by atoms with Gasteiger partial charge in [-0.05, 0) is 309 Å². The molecule has 4 saturated carbocycles. The van der Waals surface area contributed by atoms with Crippen LogP contribution >= 0.6 is 75.9 Å². The van der Waals surface area contributed by atoms with Crippen molar-refractivity contribution in [2.24, 2.45) is 38.3 Å². The molecule has 26 nitrogen and oxygen atoms in total. The van der Waals surface area contributed by atoms with Crippen molar-refractivity contribution in [2.75, 3.05) is 28.4 Å². The number of thiocarbonyl (C=S) groups is 1. The Morgan fingerprint density at radius 2 is 0.854 bits per heavy atom. The topological polar surface area (TPSA) is 367 Å². The van der Waals surface area contributed by atoms with Crippen LogP contribution in [0.1, 0.15) is 247 Å². The molecule has 8 amide bonds. The number of hydrogen-bond acceptors (Lipinski definition) is 19. The van der Waals surface area contributed by atoms with Gasteiger partial charge in [0, 0.05) is 86.1 Å². The average Bonchev–Trinajstić information content (AvgIpc) is 1.52. The molecule has 674 valence electrons. The van der Waals surface area contributed by atoms with Gasteiger partial charge in [0.05, 0.1) is 30.0 Å². The summed E-state index contributed by atoms with van der Waals surface area (Å²) in [6, 6.07) is 24.0. The van der Waals surface area contributed by atoms with E-state index in [0.717, 1.165) is 180 Å². The molecule has 34 heteroatoms. The van der Waals surface area contributed by atoms with E-state index >= 15 is 0 Å². The molecule has 4 aliphatic heterocycles. The Morgan fingerprint density at radius 3 is 1.14 bits per heavy atom. The number of nitrogens with two attached hydrogens (primary N) is 1. The first kappa shape index (κ1) is 111. The second kappa shape index (κ2) is 46.1. The van der Waals surface area contributed by atoms with E-state index in [1.165, 1.54) is 21.6 Å². The Kier molecular flexibility index (Phi) is 41.5. The number of methoxy groups -OCH3 is 4.